The predicted molar refractivity (Wildman–Crippen MR) is 155 cm³/mol. The van der Waals surface area contributed by atoms with Crippen molar-refractivity contribution < 1.29 is 34.8 Å². The van der Waals surface area contributed by atoms with Crippen molar-refractivity contribution in [1.82, 2.24) is 4.90 Å². The zero-order valence-corrected chi connectivity index (χ0v) is 23.8. The maximum atomic E-state index is 13.8. The van der Waals surface area contributed by atoms with Crippen molar-refractivity contribution >= 4 is 28.9 Å². The second-order valence-corrected chi connectivity index (χ2v) is 12.3. The van der Waals surface area contributed by atoms with E-state index in [-0.39, 0.29) is 36.1 Å². The van der Waals surface area contributed by atoms with E-state index in [9.17, 15) is 34.8 Å². The lowest BCUT2D eigenvalue weighted by molar-refractivity contribution is -0.147. The third-order valence-corrected chi connectivity index (χ3v) is 9.63. The molecule has 2 aromatic carbocycles. The van der Waals surface area contributed by atoms with E-state index < -0.39 is 52.0 Å². The summed E-state index contributed by atoms with van der Waals surface area (Å²) in [6, 6.07) is 10.3. The van der Waals surface area contributed by atoms with Gasteiger partial charge in [0.25, 0.3) is 5.91 Å². The molecular weight excluding hydrogens is 538 g/mol. The quantitative estimate of drug-likeness (QED) is 0.337. The number of benzene rings is 2. The van der Waals surface area contributed by atoms with Crippen molar-refractivity contribution in [2.45, 2.75) is 50.3 Å². The number of carbonyl (C=O) groups is 3. The standard InChI is InChI=1S/C32H35N3O7/c1-34(2)27-18(14-35(3)20-9-15-6-4-5-7-16(15)10-20)12-22(36)25-21(27)11-17-8-19-13-23(37)26(31(33)41)30(40)32(19,42)29(39)24(17)28(25)38/h4-7,12,17,19-20,36,38,40,42H,8-11,13-14H2,1-3H3,(H2,33,41)/t17?,19-,32-/m0/s1. The van der Waals surface area contributed by atoms with Crippen molar-refractivity contribution in [1.29, 1.82) is 0 Å². The first-order valence-corrected chi connectivity index (χ1v) is 14.1. The van der Waals surface area contributed by atoms with E-state index in [0.717, 1.165) is 24.1 Å². The zero-order valence-electron chi connectivity index (χ0n) is 23.8. The predicted octanol–water partition coefficient (Wildman–Crippen LogP) is 2.09. The van der Waals surface area contributed by atoms with Gasteiger partial charge in [-0.2, -0.15) is 0 Å². The van der Waals surface area contributed by atoms with Crippen LogP contribution in [-0.4, -0.2) is 75.6 Å². The number of nitrogens with two attached hydrogens (primary N) is 1. The molecule has 4 aliphatic carbocycles. The molecular formula is C32H35N3O7. The molecule has 42 heavy (non-hydrogen) atoms. The Bertz CT molecular complexity index is 1600. The van der Waals surface area contributed by atoms with Crippen LogP contribution in [0, 0.1) is 11.8 Å². The van der Waals surface area contributed by atoms with Crippen LogP contribution in [-0.2, 0) is 40.2 Å². The SMILES string of the molecule is CN(C)c1c(CN(C)C2Cc3ccccc3C2)cc(O)c2c1CC1C[C@H]3CC(=O)C(C(N)=O)=C(O)[C@@]3(O)C(=O)C1=C2O. The first kappa shape index (κ1) is 28.0. The number of ketones is 2. The molecule has 10 nitrogen and oxygen atoms in total. The Labute approximate surface area is 243 Å². The van der Waals surface area contributed by atoms with Crippen LogP contribution in [0.1, 0.15) is 40.7 Å². The number of nitrogens with zero attached hydrogens (tertiary/aromatic N) is 2. The first-order chi connectivity index (χ1) is 19.8. The number of phenolic OH excluding ortho intramolecular Hbond substituents is 1. The third kappa shape index (κ3) is 3.96. The number of aliphatic hydroxyl groups is 3. The van der Waals surface area contributed by atoms with Gasteiger partial charge in [0.2, 0.25) is 5.78 Å². The maximum Gasteiger partial charge on any atom is 0.255 e. The summed E-state index contributed by atoms with van der Waals surface area (Å²) in [5.74, 6) is -6.30. The van der Waals surface area contributed by atoms with Gasteiger partial charge in [0.15, 0.2) is 11.4 Å². The zero-order chi connectivity index (χ0) is 30.2. The van der Waals surface area contributed by atoms with Crippen LogP contribution in [0.2, 0.25) is 0 Å². The fraction of sp³-hybridized carbons (Fsp3) is 0.406. The Kier molecular flexibility index (Phi) is 6.47. The number of aromatic hydroxyl groups is 1. The highest BCUT2D eigenvalue weighted by atomic mass is 16.3. The van der Waals surface area contributed by atoms with Crippen LogP contribution in [0.15, 0.2) is 47.2 Å². The molecule has 2 aromatic rings. The van der Waals surface area contributed by atoms with Gasteiger partial charge in [-0.15, -0.1) is 0 Å². The molecule has 0 spiro atoms. The van der Waals surface area contributed by atoms with E-state index in [1.807, 2.05) is 19.0 Å². The average molecular weight is 574 g/mol. The number of carbonyl (C=O) groups excluding carboxylic acids is 3. The average Bonchev–Trinajstić information content (AvgIpc) is 3.35. The van der Waals surface area contributed by atoms with Gasteiger partial charge in [-0.3, -0.25) is 19.3 Å². The number of fused-ring (bicyclic) bond motifs is 4. The summed E-state index contributed by atoms with van der Waals surface area (Å²) in [5.41, 5.74) is 6.89. The Morgan fingerprint density at radius 3 is 2.26 bits per heavy atom. The fourth-order valence-electron chi connectivity index (χ4n) is 7.67. The highest BCUT2D eigenvalue weighted by Crippen LogP contribution is 2.53. The number of amides is 1. The van der Waals surface area contributed by atoms with E-state index in [1.165, 1.54) is 11.1 Å². The molecule has 1 fully saturated rings. The summed E-state index contributed by atoms with van der Waals surface area (Å²) in [6.45, 7) is 0.541. The smallest absolute Gasteiger partial charge is 0.255 e. The van der Waals surface area contributed by atoms with E-state index in [0.29, 0.717) is 18.2 Å². The Balaban J connectivity index is 1.41. The molecule has 220 valence electrons. The molecule has 10 heteroatoms. The lowest BCUT2D eigenvalue weighted by Gasteiger charge is -2.46. The molecule has 1 amide bonds. The molecule has 1 saturated carbocycles. The van der Waals surface area contributed by atoms with Crippen LogP contribution in [0.25, 0.3) is 5.76 Å². The second-order valence-electron chi connectivity index (χ2n) is 12.3. The van der Waals surface area contributed by atoms with Gasteiger partial charge in [-0.05, 0) is 67.0 Å². The molecule has 4 aliphatic rings. The second kappa shape index (κ2) is 9.71. The summed E-state index contributed by atoms with van der Waals surface area (Å²) in [5, 5.41) is 44.9. The van der Waals surface area contributed by atoms with Gasteiger partial charge < -0.3 is 31.1 Å². The molecule has 3 atom stereocenters. The Morgan fingerprint density at radius 2 is 1.67 bits per heavy atom. The number of rotatable bonds is 5. The summed E-state index contributed by atoms with van der Waals surface area (Å²) in [4.78, 5) is 42.5. The first-order valence-electron chi connectivity index (χ1n) is 14.1. The number of Topliss-reactive ketones (excluding diaryl/α,β-unsaturated/α-hetero) is 2. The topological polar surface area (TPSA) is 165 Å². The largest absolute Gasteiger partial charge is 0.508 e. The number of primary amides is 1. The molecule has 0 bridgehead atoms. The Hall–Kier alpha value is -4.15. The minimum Gasteiger partial charge on any atom is -0.508 e. The lowest BCUT2D eigenvalue weighted by atomic mass is 9.59. The van der Waals surface area contributed by atoms with Gasteiger partial charge in [0.1, 0.15) is 22.8 Å². The van der Waals surface area contributed by atoms with Crippen molar-refractivity contribution in [3.63, 3.8) is 0 Å². The van der Waals surface area contributed by atoms with Crippen molar-refractivity contribution in [3.8, 4) is 5.75 Å². The highest BCUT2D eigenvalue weighted by molar-refractivity contribution is 6.22. The Morgan fingerprint density at radius 1 is 1.02 bits per heavy atom. The van der Waals surface area contributed by atoms with Gasteiger partial charge >= 0.3 is 0 Å². The number of likely N-dealkylation sites (N-methyl/N-ethyl adjacent to an activating group) is 1. The monoisotopic (exact) mass is 573 g/mol. The number of hydrogen-bond donors (Lipinski definition) is 5. The van der Waals surface area contributed by atoms with Crippen molar-refractivity contribution in [3.05, 3.63) is 75.1 Å². The minimum absolute atomic E-state index is 0.0982. The van der Waals surface area contributed by atoms with Gasteiger partial charge in [0, 0.05) is 50.3 Å². The molecule has 0 aromatic heterocycles. The van der Waals surface area contributed by atoms with Crippen LogP contribution in [0.3, 0.4) is 0 Å². The van der Waals surface area contributed by atoms with E-state index in [2.05, 4.69) is 36.2 Å². The molecule has 0 saturated heterocycles. The van der Waals surface area contributed by atoms with E-state index in [1.54, 1.807) is 6.07 Å². The number of anilines is 1. The number of hydrogen-bond acceptors (Lipinski definition) is 9. The summed E-state index contributed by atoms with van der Waals surface area (Å²) in [7, 11) is 5.83. The maximum absolute atomic E-state index is 13.8. The van der Waals surface area contributed by atoms with Crippen LogP contribution >= 0.6 is 0 Å². The minimum atomic E-state index is -2.57. The molecule has 0 aliphatic heterocycles. The molecule has 6 N–H and O–H groups in total. The number of phenols is 1. The molecule has 6 rings (SSSR count). The van der Waals surface area contributed by atoms with Crippen molar-refractivity contribution in [2.24, 2.45) is 17.6 Å². The van der Waals surface area contributed by atoms with Crippen molar-refractivity contribution in [2.75, 3.05) is 26.0 Å². The van der Waals surface area contributed by atoms with E-state index >= 15 is 0 Å². The van der Waals surface area contributed by atoms with E-state index in [4.69, 9.17) is 5.73 Å². The molecule has 1 unspecified atom stereocenters. The summed E-state index contributed by atoms with van der Waals surface area (Å²) in [6.07, 6.45) is 1.88. The highest BCUT2D eigenvalue weighted by Gasteiger charge is 2.60. The third-order valence-electron chi connectivity index (χ3n) is 9.63. The van der Waals surface area contributed by atoms with Gasteiger partial charge in [0.05, 0.1) is 5.56 Å². The normalized spacial score (nSPS) is 25.4. The van der Waals surface area contributed by atoms with Crippen LogP contribution in [0.4, 0.5) is 5.69 Å². The van der Waals surface area contributed by atoms with Crippen LogP contribution in [0.5, 0.6) is 5.75 Å². The fourth-order valence-corrected chi connectivity index (χ4v) is 7.67. The van der Waals surface area contributed by atoms with Gasteiger partial charge in [-0.25, -0.2) is 0 Å². The summed E-state index contributed by atoms with van der Waals surface area (Å²) < 4.78 is 0. The summed E-state index contributed by atoms with van der Waals surface area (Å²) >= 11 is 0. The molecule has 0 radical (unpaired) electrons. The number of aliphatic hydroxyl groups excluding tert-OH is 2. The van der Waals surface area contributed by atoms with Gasteiger partial charge in [-0.1, -0.05) is 24.3 Å². The molecule has 0 heterocycles. The van der Waals surface area contributed by atoms with Crippen LogP contribution < -0.4 is 10.6 Å². The lowest BCUT2D eigenvalue weighted by Crippen LogP contribution is -2.58.